The zero-order chi connectivity index (χ0) is 13.1. The highest BCUT2D eigenvalue weighted by Gasteiger charge is 2.30. The lowest BCUT2D eigenvalue weighted by Crippen LogP contribution is -2.35. The fraction of sp³-hybridized carbons (Fsp3) is 0.300. The summed E-state index contributed by atoms with van der Waals surface area (Å²) in [6.45, 7) is -1.35. The van der Waals surface area contributed by atoms with Gasteiger partial charge in [0.2, 0.25) is 0 Å². The zero-order valence-electron chi connectivity index (χ0n) is 8.46. The molecule has 1 atom stereocenters. The Labute approximate surface area is 104 Å². The predicted molar refractivity (Wildman–Crippen MR) is 58.6 cm³/mol. The number of rotatable bonds is 4. The average Bonchev–Trinajstić information content (AvgIpc) is 2.18. The SMILES string of the molecule is O=C(O)C(NCC(F)(F)F)c1ccc(Br)cc1. The third-order valence-corrected chi connectivity index (χ3v) is 2.49. The average molecular weight is 312 g/mol. The molecule has 1 rings (SSSR count). The van der Waals surface area contributed by atoms with Crippen LogP contribution < -0.4 is 5.32 Å². The molecule has 0 saturated carbocycles. The maximum Gasteiger partial charge on any atom is 0.401 e. The molecule has 3 nitrogen and oxygen atoms in total. The number of aliphatic carboxylic acids is 1. The summed E-state index contributed by atoms with van der Waals surface area (Å²) in [5.74, 6) is -1.35. The van der Waals surface area contributed by atoms with Crippen molar-refractivity contribution in [2.24, 2.45) is 0 Å². The molecule has 0 amide bonds. The van der Waals surface area contributed by atoms with Crippen molar-refractivity contribution in [1.29, 1.82) is 0 Å². The van der Waals surface area contributed by atoms with Gasteiger partial charge in [-0.1, -0.05) is 28.1 Å². The number of carboxylic acids is 1. The topological polar surface area (TPSA) is 49.3 Å². The van der Waals surface area contributed by atoms with E-state index in [-0.39, 0.29) is 5.56 Å². The summed E-state index contributed by atoms with van der Waals surface area (Å²) in [6, 6.07) is 4.67. The van der Waals surface area contributed by atoms with Crippen LogP contribution in [0.1, 0.15) is 11.6 Å². The molecule has 0 radical (unpaired) electrons. The quantitative estimate of drug-likeness (QED) is 0.899. The minimum Gasteiger partial charge on any atom is -0.480 e. The van der Waals surface area contributed by atoms with Crippen molar-refractivity contribution >= 4 is 21.9 Å². The number of carbonyl (C=O) groups is 1. The van der Waals surface area contributed by atoms with E-state index in [2.05, 4.69) is 15.9 Å². The molecule has 0 aliphatic rings. The highest BCUT2D eigenvalue weighted by Crippen LogP contribution is 2.19. The fourth-order valence-corrected chi connectivity index (χ4v) is 1.49. The van der Waals surface area contributed by atoms with E-state index in [0.29, 0.717) is 0 Å². The van der Waals surface area contributed by atoms with Gasteiger partial charge in [-0.15, -0.1) is 0 Å². The molecule has 0 bridgehead atoms. The van der Waals surface area contributed by atoms with Gasteiger partial charge in [-0.2, -0.15) is 13.2 Å². The summed E-state index contributed by atoms with van der Waals surface area (Å²) < 4.78 is 36.7. The highest BCUT2D eigenvalue weighted by molar-refractivity contribution is 9.10. The molecule has 7 heteroatoms. The third kappa shape index (κ3) is 4.74. The Bertz CT molecular complexity index is 392. The summed E-state index contributed by atoms with van der Waals surface area (Å²) in [5.41, 5.74) is 0.268. The van der Waals surface area contributed by atoms with Gasteiger partial charge in [-0.05, 0) is 17.7 Å². The molecule has 0 aromatic heterocycles. The van der Waals surface area contributed by atoms with Crippen LogP contribution in [0.15, 0.2) is 28.7 Å². The van der Waals surface area contributed by atoms with Crippen LogP contribution in [-0.4, -0.2) is 23.8 Å². The Balaban J connectivity index is 2.79. The van der Waals surface area contributed by atoms with Crippen molar-refractivity contribution in [1.82, 2.24) is 5.32 Å². The smallest absolute Gasteiger partial charge is 0.401 e. The van der Waals surface area contributed by atoms with Crippen LogP contribution in [0.3, 0.4) is 0 Å². The number of hydrogen-bond acceptors (Lipinski definition) is 2. The number of benzene rings is 1. The number of carboxylic acid groups (broad SMARTS) is 1. The van der Waals surface area contributed by atoms with E-state index in [1.165, 1.54) is 12.1 Å². The Morgan fingerprint density at radius 3 is 2.29 bits per heavy atom. The van der Waals surface area contributed by atoms with Crippen molar-refractivity contribution in [2.45, 2.75) is 12.2 Å². The van der Waals surface area contributed by atoms with E-state index in [9.17, 15) is 18.0 Å². The standard InChI is InChI=1S/C10H9BrF3NO2/c11-7-3-1-6(2-4-7)8(9(16)17)15-5-10(12,13)14/h1-4,8,15H,5H2,(H,16,17). The van der Waals surface area contributed by atoms with Gasteiger partial charge in [0.05, 0.1) is 6.54 Å². The molecule has 2 N–H and O–H groups in total. The summed E-state index contributed by atoms with van der Waals surface area (Å²) in [6.07, 6.45) is -4.44. The van der Waals surface area contributed by atoms with E-state index in [1.54, 1.807) is 12.1 Å². The first kappa shape index (κ1) is 14.0. The van der Waals surface area contributed by atoms with Crippen LogP contribution in [0.25, 0.3) is 0 Å². The first-order valence-electron chi connectivity index (χ1n) is 4.58. The summed E-state index contributed by atoms with van der Waals surface area (Å²) in [4.78, 5) is 10.9. The number of halogens is 4. The van der Waals surface area contributed by atoms with Gasteiger partial charge < -0.3 is 5.11 Å². The van der Waals surface area contributed by atoms with Gasteiger partial charge in [0.1, 0.15) is 6.04 Å². The predicted octanol–water partition coefficient (Wildman–Crippen LogP) is 2.73. The summed E-state index contributed by atoms with van der Waals surface area (Å²) in [7, 11) is 0. The molecular weight excluding hydrogens is 303 g/mol. The van der Waals surface area contributed by atoms with Crippen LogP contribution in [0.4, 0.5) is 13.2 Å². The Morgan fingerprint density at radius 2 is 1.88 bits per heavy atom. The van der Waals surface area contributed by atoms with Gasteiger partial charge in [0, 0.05) is 4.47 Å². The first-order chi connectivity index (χ1) is 7.79. The van der Waals surface area contributed by atoms with Gasteiger partial charge in [-0.3, -0.25) is 10.1 Å². The van der Waals surface area contributed by atoms with E-state index in [0.717, 1.165) is 4.47 Å². The molecule has 0 fully saturated rings. The van der Waals surface area contributed by atoms with E-state index in [1.807, 2.05) is 5.32 Å². The van der Waals surface area contributed by atoms with Gasteiger partial charge in [-0.25, -0.2) is 0 Å². The molecule has 0 heterocycles. The normalized spacial score (nSPS) is 13.4. The number of nitrogens with one attached hydrogen (secondary N) is 1. The second kappa shape index (κ2) is 5.50. The maximum absolute atomic E-state index is 12.0. The van der Waals surface area contributed by atoms with Crippen molar-refractivity contribution in [2.75, 3.05) is 6.54 Å². The largest absolute Gasteiger partial charge is 0.480 e. The second-order valence-corrected chi connectivity index (χ2v) is 4.23. The molecule has 1 unspecified atom stereocenters. The van der Waals surface area contributed by atoms with E-state index in [4.69, 9.17) is 5.11 Å². The maximum atomic E-state index is 12.0. The van der Waals surface area contributed by atoms with Gasteiger partial charge >= 0.3 is 12.1 Å². The molecule has 1 aromatic carbocycles. The van der Waals surface area contributed by atoms with Crippen LogP contribution >= 0.6 is 15.9 Å². The van der Waals surface area contributed by atoms with E-state index < -0.39 is 24.7 Å². The third-order valence-electron chi connectivity index (χ3n) is 1.96. The van der Waals surface area contributed by atoms with Crippen molar-refractivity contribution < 1.29 is 23.1 Å². The molecule has 0 saturated heterocycles. The van der Waals surface area contributed by atoms with Crippen molar-refractivity contribution in [3.63, 3.8) is 0 Å². The fourth-order valence-electron chi connectivity index (χ4n) is 1.22. The van der Waals surface area contributed by atoms with E-state index >= 15 is 0 Å². The monoisotopic (exact) mass is 311 g/mol. The lowest BCUT2D eigenvalue weighted by atomic mass is 10.1. The Kier molecular flexibility index (Phi) is 4.53. The van der Waals surface area contributed by atoms with Crippen molar-refractivity contribution in [3.05, 3.63) is 34.3 Å². The first-order valence-corrected chi connectivity index (χ1v) is 5.37. The Morgan fingerprint density at radius 1 is 1.35 bits per heavy atom. The van der Waals surface area contributed by atoms with Crippen LogP contribution in [0.2, 0.25) is 0 Å². The van der Waals surface area contributed by atoms with Gasteiger partial charge in [0.25, 0.3) is 0 Å². The van der Waals surface area contributed by atoms with Crippen molar-refractivity contribution in [3.8, 4) is 0 Å². The number of alkyl halides is 3. The van der Waals surface area contributed by atoms with Crippen LogP contribution in [-0.2, 0) is 4.79 Å². The minimum absolute atomic E-state index is 0.268. The molecule has 0 aliphatic carbocycles. The molecule has 0 spiro atoms. The van der Waals surface area contributed by atoms with Gasteiger partial charge in [0.15, 0.2) is 0 Å². The second-order valence-electron chi connectivity index (χ2n) is 3.32. The molecule has 94 valence electrons. The molecule has 0 aliphatic heterocycles. The lowest BCUT2D eigenvalue weighted by molar-refractivity contribution is -0.143. The van der Waals surface area contributed by atoms with Crippen LogP contribution in [0, 0.1) is 0 Å². The summed E-state index contributed by atoms with van der Waals surface area (Å²) >= 11 is 3.15. The van der Waals surface area contributed by atoms with Crippen LogP contribution in [0.5, 0.6) is 0 Å². The zero-order valence-corrected chi connectivity index (χ0v) is 10.0. The molecule has 17 heavy (non-hydrogen) atoms. The Hall–Kier alpha value is -1.08. The number of hydrogen-bond donors (Lipinski definition) is 2. The molecular formula is C10H9BrF3NO2. The summed E-state index contributed by atoms with van der Waals surface area (Å²) in [5, 5.41) is 10.8. The highest BCUT2D eigenvalue weighted by atomic mass is 79.9. The molecule has 1 aromatic rings. The minimum atomic E-state index is -4.44. The lowest BCUT2D eigenvalue weighted by Gasteiger charge is -2.16.